The Morgan fingerprint density at radius 3 is 2.95 bits per heavy atom. The zero-order valence-electron chi connectivity index (χ0n) is 13.7. The molecule has 1 aliphatic heterocycles. The Morgan fingerprint density at radius 2 is 2.18 bits per heavy atom. The van der Waals surface area contributed by atoms with Gasteiger partial charge in [-0.15, -0.1) is 0 Å². The van der Waals surface area contributed by atoms with Crippen LogP contribution in [0.1, 0.15) is 29.5 Å². The summed E-state index contributed by atoms with van der Waals surface area (Å²) in [5.41, 5.74) is 3.55. The van der Waals surface area contributed by atoms with Crippen molar-refractivity contribution in [2.75, 3.05) is 27.2 Å². The SMILES string of the molecule is Cc1cccc(CN2Cc3cncn3C(CCN(C)C)C2)n1. The van der Waals surface area contributed by atoms with Crippen molar-refractivity contribution in [3.8, 4) is 0 Å². The molecule has 0 radical (unpaired) electrons. The van der Waals surface area contributed by atoms with Crippen LogP contribution in [0.15, 0.2) is 30.7 Å². The summed E-state index contributed by atoms with van der Waals surface area (Å²) in [4.78, 5) is 13.7. The number of aryl methyl sites for hydroxylation is 1. The molecule has 1 unspecified atom stereocenters. The predicted molar refractivity (Wildman–Crippen MR) is 87.5 cm³/mol. The average Bonchev–Trinajstić information content (AvgIpc) is 2.93. The van der Waals surface area contributed by atoms with Crippen LogP contribution in [0.3, 0.4) is 0 Å². The lowest BCUT2D eigenvalue weighted by Gasteiger charge is -2.34. The Bertz CT molecular complexity index is 619. The molecular weight excluding hydrogens is 274 g/mol. The van der Waals surface area contributed by atoms with Crippen LogP contribution in [0, 0.1) is 6.92 Å². The summed E-state index contributed by atoms with van der Waals surface area (Å²) in [7, 11) is 4.26. The Labute approximate surface area is 132 Å². The van der Waals surface area contributed by atoms with Gasteiger partial charge in [0, 0.05) is 37.6 Å². The lowest BCUT2D eigenvalue weighted by Crippen LogP contribution is -2.37. The first-order valence-electron chi connectivity index (χ1n) is 7.92. The predicted octanol–water partition coefficient (Wildman–Crippen LogP) is 2.10. The molecule has 118 valence electrons. The number of rotatable bonds is 5. The van der Waals surface area contributed by atoms with E-state index in [1.54, 1.807) is 0 Å². The summed E-state index contributed by atoms with van der Waals surface area (Å²) in [6.45, 7) is 6.07. The van der Waals surface area contributed by atoms with Crippen molar-refractivity contribution in [3.05, 3.63) is 47.8 Å². The number of hydrogen-bond acceptors (Lipinski definition) is 4. The molecule has 0 fully saturated rings. The van der Waals surface area contributed by atoms with E-state index < -0.39 is 0 Å². The van der Waals surface area contributed by atoms with Gasteiger partial charge in [-0.3, -0.25) is 9.88 Å². The molecule has 0 saturated heterocycles. The second-order valence-electron chi connectivity index (χ2n) is 6.48. The maximum atomic E-state index is 4.64. The smallest absolute Gasteiger partial charge is 0.0951 e. The van der Waals surface area contributed by atoms with Gasteiger partial charge in [-0.2, -0.15) is 0 Å². The van der Waals surface area contributed by atoms with Gasteiger partial charge < -0.3 is 9.47 Å². The maximum Gasteiger partial charge on any atom is 0.0951 e. The number of aromatic nitrogens is 3. The molecule has 0 saturated carbocycles. The molecular formula is C17H25N5. The van der Waals surface area contributed by atoms with Crippen LogP contribution in [0.2, 0.25) is 0 Å². The molecule has 3 rings (SSSR count). The third-order valence-electron chi connectivity index (χ3n) is 4.24. The van der Waals surface area contributed by atoms with E-state index in [-0.39, 0.29) is 0 Å². The van der Waals surface area contributed by atoms with Gasteiger partial charge in [0.1, 0.15) is 0 Å². The van der Waals surface area contributed by atoms with E-state index in [1.165, 1.54) is 5.69 Å². The van der Waals surface area contributed by atoms with E-state index in [0.717, 1.165) is 44.0 Å². The molecule has 1 atom stereocenters. The van der Waals surface area contributed by atoms with Crippen molar-refractivity contribution >= 4 is 0 Å². The highest BCUT2D eigenvalue weighted by atomic mass is 15.2. The molecule has 2 aromatic rings. The van der Waals surface area contributed by atoms with Crippen molar-refractivity contribution in [2.45, 2.75) is 32.5 Å². The van der Waals surface area contributed by atoms with E-state index in [2.05, 4.69) is 63.6 Å². The number of fused-ring (bicyclic) bond motifs is 1. The van der Waals surface area contributed by atoms with E-state index in [9.17, 15) is 0 Å². The minimum absolute atomic E-state index is 0.499. The van der Waals surface area contributed by atoms with Crippen molar-refractivity contribution in [1.82, 2.24) is 24.3 Å². The fourth-order valence-electron chi connectivity index (χ4n) is 3.14. The van der Waals surface area contributed by atoms with Gasteiger partial charge >= 0.3 is 0 Å². The van der Waals surface area contributed by atoms with Gasteiger partial charge in [-0.05, 0) is 46.1 Å². The van der Waals surface area contributed by atoms with Crippen LogP contribution in [0.4, 0.5) is 0 Å². The molecule has 0 spiro atoms. The number of hydrogen-bond donors (Lipinski definition) is 0. The molecule has 0 amide bonds. The first-order chi connectivity index (χ1) is 10.6. The van der Waals surface area contributed by atoms with Crippen LogP contribution in [0.25, 0.3) is 0 Å². The third-order valence-corrected chi connectivity index (χ3v) is 4.24. The van der Waals surface area contributed by atoms with Crippen molar-refractivity contribution in [3.63, 3.8) is 0 Å². The van der Waals surface area contributed by atoms with E-state index >= 15 is 0 Å². The standard InChI is InChI=1S/C17H25N5/c1-14-5-4-6-15(19-14)10-21-11-16(7-8-20(2)3)22-13-18-9-17(22)12-21/h4-6,9,13,16H,7-8,10-12H2,1-3H3. The fraction of sp³-hybridized carbons (Fsp3) is 0.529. The molecule has 5 heteroatoms. The van der Waals surface area contributed by atoms with Crippen LogP contribution >= 0.6 is 0 Å². The van der Waals surface area contributed by atoms with Gasteiger partial charge in [-0.25, -0.2) is 4.98 Å². The molecule has 2 aromatic heterocycles. The Hall–Kier alpha value is -1.72. The Balaban J connectivity index is 1.72. The summed E-state index contributed by atoms with van der Waals surface area (Å²) in [6, 6.07) is 6.76. The van der Waals surface area contributed by atoms with Gasteiger partial charge in [0.15, 0.2) is 0 Å². The first kappa shape index (κ1) is 15.2. The summed E-state index contributed by atoms with van der Waals surface area (Å²) in [5, 5.41) is 0. The second-order valence-corrected chi connectivity index (χ2v) is 6.48. The monoisotopic (exact) mass is 299 g/mol. The molecule has 1 aliphatic rings. The quantitative estimate of drug-likeness (QED) is 0.847. The van der Waals surface area contributed by atoms with Gasteiger partial charge in [0.25, 0.3) is 0 Å². The molecule has 0 N–H and O–H groups in total. The van der Waals surface area contributed by atoms with E-state index in [1.807, 2.05) is 12.5 Å². The molecule has 0 aliphatic carbocycles. The Morgan fingerprint density at radius 1 is 1.32 bits per heavy atom. The zero-order chi connectivity index (χ0) is 15.5. The minimum Gasteiger partial charge on any atom is -0.329 e. The normalized spacial score (nSPS) is 18.6. The second kappa shape index (κ2) is 6.58. The van der Waals surface area contributed by atoms with E-state index in [0.29, 0.717) is 6.04 Å². The lowest BCUT2D eigenvalue weighted by atomic mass is 10.1. The van der Waals surface area contributed by atoms with Crippen LogP contribution in [-0.2, 0) is 13.1 Å². The molecule has 0 bridgehead atoms. The van der Waals surface area contributed by atoms with Crippen LogP contribution < -0.4 is 0 Å². The minimum atomic E-state index is 0.499. The topological polar surface area (TPSA) is 37.2 Å². The molecule has 0 aromatic carbocycles. The van der Waals surface area contributed by atoms with Gasteiger partial charge in [-0.1, -0.05) is 6.07 Å². The van der Waals surface area contributed by atoms with Gasteiger partial charge in [0.2, 0.25) is 0 Å². The van der Waals surface area contributed by atoms with Crippen molar-refractivity contribution in [1.29, 1.82) is 0 Å². The van der Waals surface area contributed by atoms with Crippen LogP contribution in [-0.4, -0.2) is 51.5 Å². The third kappa shape index (κ3) is 3.54. The fourth-order valence-corrected chi connectivity index (χ4v) is 3.14. The molecule has 3 heterocycles. The average molecular weight is 299 g/mol. The number of pyridine rings is 1. The lowest BCUT2D eigenvalue weighted by molar-refractivity contribution is 0.163. The molecule has 5 nitrogen and oxygen atoms in total. The summed E-state index contributed by atoms with van der Waals surface area (Å²) < 4.78 is 2.35. The summed E-state index contributed by atoms with van der Waals surface area (Å²) >= 11 is 0. The summed E-state index contributed by atoms with van der Waals surface area (Å²) in [5.74, 6) is 0. The number of nitrogens with zero attached hydrogens (tertiary/aromatic N) is 5. The van der Waals surface area contributed by atoms with Crippen molar-refractivity contribution in [2.24, 2.45) is 0 Å². The maximum absolute atomic E-state index is 4.64. The van der Waals surface area contributed by atoms with Gasteiger partial charge in [0.05, 0.1) is 17.7 Å². The highest BCUT2D eigenvalue weighted by Gasteiger charge is 2.25. The molecule has 22 heavy (non-hydrogen) atoms. The Kier molecular flexibility index (Phi) is 4.55. The first-order valence-corrected chi connectivity index (χ1v) is 7.92. The van der Waals surface area contributed by atoms with E-state index in [4.69, 9.17) is 0 Å². The number of imidazole rings is 1. The zero-order valence-corrected chi connectivity index (χ0v) is 13.7. The highest BCUT2D eigenvalue weighted by molar-refractivity contribution is 5.11. The largest absolute Gasteiger partial charge is 0.329 e. The van der Waals surface area contributed by atoms with Crippen LogP contribution in [0.5, 0.6) is 0 Å². The summed E-state index contributed by atoms with van der Waals surface area (Å²) in [6.07, 6.45) is 5.13. The highest BCUT2D eigenvalue weighted by Crippen LogP contribution is 2.24. The van der Waals surface area contributed by atoms with Crippen molar-refractivity contribution < 1.29 is 0 Å².